The van der Waals surface area contributed by atoms with E-state index < -0.39 is 13.3 Å². The predicted octanol–water partition coefficient (Wildman–Crippen LogP) is 9.67. The lowest BCUT2D eigenvalue weighted by molar-refractivity contribution is -0.910. The zero-order valence-electron chi connectivity index (χ0n) is 23.9. The Balaban J connectivity index is 3.45. The molecule has 0 amide bonds. The van der Waals surface area contributed by atoms with Gasteiger partial charge in [0.1, 0.15) is 0 Å². The monoisotopic (exact) mass is 498 g/mol. The third-order valence-corrected chi connectivity index (χ3v) is 9.56. The first-order valence-electron chi connectivity index (χ1n) is 14.9. The molecule has 0 heterocycles. The quantitative estimate of drug-likeness (QED) is 0.0544. The third kappa shape index (κ3) is 16.4. The SMILES string of the molecule is CCCCCCCC=CCCCCCCCCCCCCCCCC(CC)([P+](=O)[O-])[N+](C)(C)C. The Labute approximate surface area is 215 Å². The van der Waals surface area contributed by atoms with Crippen LogP contribution in [0.25, 0.3) is 0 Å². The molecule has 0 rings (SSSR count). The Morgan fingerprint density at radius 2 is 0.971 bits per heavy atom. The summed E-state index contributed by atoms with van der Waals surface area (Å²) in [5.74, 6) is 0. The van der Waals surface area contributed by atoms with Gasteiger partial charge < -0.3 is 4.89 Å². The van der Waals surface area contributed by atoms with Gasteiger partial charge in [0.15, 0.2) is 0 Å². The van der Waals surface area contributed by atoms with Gasteiger partial charge in [0.25, 0.3) is 5.28 Å². The van der Waals surface area contributed by atoms with Gasteiger partial charge in [-0.2, -0.15) is 0 Å². The predicted molar refractivity (Wildman–Crippen MR) is 150 cm³/mol. The number of rotatable bonds is 25. The van der Waals surface area contributed by atoms with E-state index in [1.165, 1.54) is 122 Å². The summed E-state index contributed by atoms with van der Waals surface area (Å²) in [6.45, 7) is 4.30. The first kappa shape index (κ1) is 33.8. The van der Waals surface area contributed by atoms with E-state index in [2.05, 4.69) is 19.1 Å². The molecule has 0 radical (unpaired) electrons. The maximum atomic E-state index is 12.0. The van der Waals surface area contributed by atoms with E-state index >= 15 is 0 Å². The van der Waals surface area contributed by atoms with Crippen LogP contribution in [-0.2, 0) is 4.57 Å². The highest BCUT2D eigenvalue weighted by Gasteiger charge is 2.52. The molecular formula is C30H61NO2P+. The van der Waals surface area contributed by atoms with Crippen molar-refractivity contribution in [3.63, 3.8) is 0 Å². The number of nitrogens with zero attached hydrogens (tertiary/aromatic N) is 1. The fourth-order valence-corrected chi connectivity index (χ4v) is 6.26. The van der Waals surface area contributed by atoms with Crippen LogP contribution in [0.15, 0.2) is 12.2 Å². The molecule has 0 aromatic rings. The fourth-order valence-electron chi connectivity index (χ4n) is 5.17. The smallest absolute Gasteiger partial charge is 0.376 e. The van der Waals surface area contributed by atoms with Gasteiger partial charge in [-0.05, 0) is 32.1 Å². The number of hydrogen-bond donors (Lipinski definition) is 0. The molecule has 2 unspecified atom stereocenters. The molecule has 0 aromatic heterocycles. The van der Waals surface area contributed by atoms with Crippen molar-refractivity contribution in [2.24, 2.45) is 0 Å². The van der Waals surface area contributed by atoms with Gasteiger partial charge in [-0.1, -0.05) is 127 Å². The molecule has 0 saturated carbocycles. The largest absolute Gasteiger partial charge is 0.590 e. The molecule has 0 aliphatic heterocycles. The van der Waals surface area contributed by atoms with Crippen molar-refractivity contribution in [3.8, 4) is 0 Å². The van der Waals surface area contributed by atoms with Crippen LogP contribution in [0, 0.1) is 0 Å². The van der Waals surface area contributed by atoms with E-state index in [9.17, 15) is 9.46 Å². The van der Waals surface area contributed by atoms with E-state index in [0.29, 0.717) is 10.9 Å². The van der Waals surface area contributed by atoms with Crippen LogP contribution < -0.4 is 4.89 Å². The maximum Gasteiger partial charge on any atom is 0.376 e. The number of hydrogen-bond acceptors (Lipinski definition) is 2. The van der Waals surface area contributed by atoms with Crippen molar-refractivity contribution in [3.05, 3.63) is 12.2 Å². The van der Waals surface area contributed by atoms with Crippen molar-refractivity contribution < 1.29 is 13.9 Å². The molecule has 34 heavy (non-hydrogen) atoms. The Bertz CT molecular complexity index is 501. The van der Waals surface area contributed by atoms with Gasteiger partial charge in [-0.15, -0.1) is 0 Å². The van der Waals surface area contributed by atoms with Crippen molar-refractivity contribution in [1.29, 1.82) is 0 Å². The van der Waals surface area contributed by atoms with Crippen molar-refractivity contribution in [2.45, 2.75) is 160 Å². The van der Waals surface area contributed by atoms with E-state index in [1.54, 1.807) is 0 Å². The summed E-state index contributed by atoms with van der Waals surface area (Å²) < 4.78 is 12.5. The second kappa shape index (κ2) is 22.0. The molecule has 202 valence electrons. The zero-order chi connectivity index (χ0) is 25.5. The third-order valence-electron chi connectivity index (χ3n) is 7.74. The summed E-state index contributed by atoms with van der Waals surface area (Å²) >= 11 is 0. The zero-order valence-corrected chi connectivity index (χ0v) is 24.8. The summed E-state index contributed by atoms with van der Waals surface area (Å²) in [6, 6.07) is 0. The molecular weight excluding hydrogens is 437 g/mol. The van der Waals surface area contributed by atoms with E-state index in [4.69, 9.17) is 0 Å². The minimum Gasteiger partial charge on any atom is -0.590 e. The normalized spacial score (nSPS) is 14.6. The standard InChI is InChI=1S/C30H61NO2P/c1-6-8-9-10-11-12-13-14-15-16-17-18-19-20-21-22-23-24-25-26-27-28-29-30(7-2,34(32)33)31(3,4)5/h13-14H,6-12,15-29H2,1-5H3/q+1. The first-order chi connectivity index (χ1) is 16.3. The van der Waals surface area contributed by atoms with Crippen LogP contribution in [0.5, 0.6) is 0 Å². The van der Waals surface area contributed by atoms with Crippen LogP contribution in [0.2, 0.25) is 0 Å². The summed E-state index contributed by atoms with van der Waals surface area (Å²) in [5, 5.41) is -0.598. The Morgan fingerprint density at radius 1 is 0.618 bits per heavy atom. The second-order valence-electron chi connectivity index (χ2n) is 11.4. The molecule has 4 heteroatoms. The van der Waals surface area contributed by atoms with Crippen molar-refractivity contribution in [2.75, 3.05) is 21.1 Å². The molecule has 2 atom stereocenters. The van der Waals surface area contributed by atoms with Gasteiger partial charge in [0.05, 0.1) is 21.1 Å². The topological polar surface area (TPSA) is 40.1 Å². The summed E-state index contributed by atoms with van der Waals surface area (Å²) in [6.07, 6.45) is 33.0. The fraction of sp³-hybridized carbons (Fsp3) is 0.933. The summed E-state index contributed by atoms with van der Waals surface area (Å²) in [5.41, 5.74) is 0. The number of allylic oxidation sites excluding steroid dienone is 2. The Morgan fingerprint density at radius 3 is 1.29 bits per heavy atom. The molecule has 3 nitrogen and oxygen atoms in total. The van der Waals surface area contributed by atoms with E-state index in [0.717, 1.165) is 12.8 Å². The van der Waals surface area contributed by atoms with Gasteiger partial charge in [-0.3, -0.25) is 4.48 Å². The minimum absolute atomic E-state index is 0.512. The lowest BCUT2D eigenvalue weighted by atomic mass is 10.0. The van der Waals surface area contributed by atoms with Crippen molar-refractivity contribution in [1.82, 2.24) is 0 Å². The molecule has 0 N–H and O–H groups in total. The average Bonchev–Trinajstić information content (AvgIpc) is 2.78. The molecule has 0 saturated heterocycles. The van der Waals surface area contributed by atoms with Crippen LogP contribution in [0.1, 0.15) is 155 Å². The Kier molecular flexibility index (Phi) is 21.8. The van der Waals surface area contributed by atoms with E-state index in [-0.39, 0.29) is 0 Å². The highest BCUT2D eigenvalue weighted by Crippen LogP contribution is 2.44. The van der Waals surface area contributed by atoms with Gasteiger partial charge in [-0.25, -0.2) is 0 Å². The van der Waals surface area contributed by atoms with Crippen molar-refractivity contribution >= 4 is 8.03 Å². The van der Waals surface area contributed by atoms with Gasteiger partial charge >= 0.3 is 8.03 Å². The van der Waals surface area contributed by atoms with Crippen LogP contribution in [0.3, 0.4) is 0 Å². The Hall–Kier alpha value is -0.240. The summed E-state index contributed by atoms with van der Waals surface area (Å²) in [4.78, 5) is 12.0. The highest BCUT2D eigenvalue weighted by atomic mass is 31.1. The van der Waals surface area contributed by atoms with Crippen LogP contribution in [-0.4, -0.2) is 30.9 Å². The molecule has 0 fully saturated rings. The van der Waals surface area contributed by atoms with Gasteiger partial charge in [0, 0.05) is 12.8 Å². The lowest BCUT2D eigenvalue weighted by Crippen LogP contribution is -2.55. The molecule has 0 aliphatic rings. The first-order valence-corrected chi connectivity index (χ1v) is 16.1. The summed E-state index contributed by atoms with van der Waals surface area (Å²) in [7, 11) is 3.64. The highest BCUT2D eigenvalue weighted by molar-refractivity contribution is 7.38. The molecule has 0 bridgehead atoms. The maximum absolute atomic E-state index is 12.0. The van der Waals surface area contributed by atoms with Crippen LogP contribution in [0.4, 0.5) is 0 Å². The number of quaternary nitrogens is 1. The minimum atomic E-state index is -2.41. The number of unbranched alkanes of at least 4 members (excludes halogenated alkanes) is 18. The molecule has 0 spiro atoms. The molecule has 0 aromatic carbocycles. The lowest BCUT2D eigenvalue weighted by Gasteiger charge is -2.39. The second-order valence-corrected chi connectivity index (χ2v) is 12.8. The van der Waals surface area contributed by atoms with E-state index in [1.807, 2.05) is 28.1 Å². The molecule has 0 aliphatic carbocycles. The van der Waals surface area contributed by atoms with Gasteiger partial charge in [0.2, 0.25) is 0 Å². The average molecular weight is 499 g/mol. The van der Waals surface area contributed by atoms with Crippen LogP contribution >= 0.6 is 8.03 Å².